The Morgan fingerprint density at radius 3 is 2.16 bits per heavy atom. The van der Waals surface area contributed by atoms with Gasteiger partial charge in [0.15, 0.2) is 0 Å². The Balaban J connectivity index is 1.59. The van der Waals surface area contributed by atoms with Crippen LogP contribution in [0.25, 0.3) is 22.3 Å². The van der Waals surface area contributed by atoms with E-state index in [9.17, 15) is 0 Å². The summed E-state index contributed by atoms with van der Waals surface area (Å²) in [6.07, 6.45) is 1.01. The van der Waals surface area contributed by atoms with Crippen LogP contribution in [0.2, 0.25) is 0 Å². The molecule has 0 bridgehead atoms. The number of hydrogen-bond acceptors (Lipinski definition) is 0. The zero-order chi connectivity index (χ0) is 22.3. The molecule has 2 aliphatic carbocycles. The molecule has 0 heterocycles. The first kappa shape index (κ1) is 19.6. The molecule has 0 fully saturated rings. The second kappa shape index (κ2) is 6.45. The maximum Gasteiger partial charge on any atom is 0.0227 e. The van der Waals surface area contributed by atoms with Gasteiger partial charge in [-0.05, 0) is 75.9 Å². The first-order valence-corrected chi connectivity index (χ1v) is 11.8. The van der Waals surface area contributed by atoms with Crippen LogP contribution in [-0.4, -0.2) is 0 Å². The summed E-state index contributed by atoms with van der Waals surface area (Å²) in [7, 11) is 0. The van der Waals surface area contributed by atoms with Gasteiger partial charge in [-0.25, -0.2) is 0 Å². The van der Waals surface area contributed by atoms with Crippen molar-refractivity contribution in [2.24, 2.45) is 0 Å². The zero-order valence-electron chi connectivity index (χ0n) is 19.7. The van der Waals surface area contributed by atoms with E-state index >= 15 is 0 Å². The summed E-state index contributed by atoms with van der Waals surface area (Å²) in [4.78, 5) is 0. The monoisotopic (exact) mass is 414 g/mol. The number of rotatable bonds is 2. The average molecular weight is 415 g/mol. The number of fused-ring (bicyclic) bond motifs is 6. The van der Waals surface area contributed by atoms with Crippen LogP contribution in [0.15, 0.2) is 78.9 Å². The Bertz CT molecular complexity index is 1400. The predicted octanol–water partition coefficient (Wildman–Crippen LogP) is 8.14. The SMILES string of the molecule is Cc1ccc2c(c1)C(C)(Cc1cccc3c1-c1cccc(C)c1C3(C)C)c1ccccc1-2. The lowest BCUT2D eigenvalue weighted by Gasteiger charge is -2.29. The standard InChI is InChI=1S/C32H30/c1-20-16-17-24-23-12-6-7-14-26(23)32(5,28(24)18-20)19-22-11-9-15-27-29(22)25-13-8-10-21(2)30(25)31(27,3)4/h6-18H,19H2,1-5H3. The lowest BCUT2D eigenvalue weighted by molar-refractivity contribution is 0.582. The molecule has 0 saturated carbocycles. The third-order valence-corrected chi connectivity index (χ3v) is 8.12. The molecule has 0 radical (unpaired) electrons. The first-order valence-electron chi connectivity index (χ1n) is 11.8. The molecule has 0 amide bonds. The van der Waals surface area contributed by atoms with Gasteiger partial charge in [-0.15, -0.1) is 0 Å². The highest BCUT2D eigenvalue weighted by atomic mass is 14.4. The Morgan fingerprint density at radius 1 is 0.625 bits per heavy atom. The van der Waals surface area contributed by atoms with Crippen LogP contribution in [0.5, 0.6) is 0 Å². The summed E-state index contributed by atoms with van der Waals surface area (Å²) in [5.41, 5.74) is 15.8. The molecular weight excluding hydrogens is 384 g/mol. The highest BCUT2D eigenvalue weighted by Crippen LogP contribution is 2.55. The lowest BCUT2D eigenvalue weighted by atomic mass is 9.73. The Hall–Kier alpha value is -3.12. The molecule has 0 heteroatoms. The van der Waals surface area contributed by atoms with E-state index in [2.05, 4.69) is 113 Å². The van der Waals surface area contributed by atoms with Crippen molar-refractivity contribution in [3.63, 3.8) is 0 Å². The number of benzene rings is 4. The van der Waals surface area contributed by atoms with Crippen LogP contribution in [0.1, 0.15) is 59.7 Å². The quantitative estimate of drug-likeness (QED) is 0.310. The van der Waals surface area contributed by atoms with Crippen molar-refractivity contribution >= 4 is 0 Å². The average Bonchev–Trinajstić information content (AvgIpc) is 3.16. The second-order valence-electron chi connectivity index (χ2n) is 10.6. The van der Waals surface area contributed by atoms with E-state index in [1.165, 1.54) is 61.2 Å². The van der Waals surface area contributed by atoms with Crippen molar-refractivity contribution in [1.29, 1.82) is 0 Å². The Kier molecular flexibility index (Phi) is 3.94. The van der Waals surface area contributed by atoms with Crippen molar-refractivity contribution < 1.29 is 0 Å². The number of aryl methyl sites for hydroxylation is 2. The van der Waals surface area contributed by atoms with E-state index < -0.39 is 0 Å². The minimum atomic E-state index is -0.0379. The van der Waals surface area contributed by atoms with Crippen molar-refractivity contribution in [1.82, 2.24) is 0 Å². The van der Waals surface area contributed by atoms with E-state index in [-0.39, 0.29) is 10.8 Å². The van der Waals surface area contributed by atoms with Crippen molar-refractivity contribution in [3.8, 4) is 22.3 Å². The summed E-state index contributed by atoms with van der Waals surface area (Å²) in [5, 5.41) is 0. The van der Waals surface area contributed by atoms with E-state index in [0.29, 0.717) is 0 Å². The fraction of sp³-hybridized carbons (Fsp3) is 0.250. The van der Waals surface area contributed by atoms with Crippen molar-refractivity contribution in [2.45, 2.75) is 51.9 Å². The summed E-state index contributed by atoms with van der Waals surface area (Å²) in [6, 6.07) is 29.8. The minimum Gasteiger partial charge on any atom is -0.0619 e. The third kappa shape index (κ3) is 2.44. The molecule has 6 rings (SSSR count). The largest absolute Gasteiger partial charge is 0.0619 e. The molecule has 0 N–H and O–H groups in total. The molecular formula is C32H30. The molecule has 0 nitrogen and oxygen atoms in total. The summed E-state index contributed by atoms with van der Waals surface area (Å²) in [5.74, 6) is 0. The molecule has 1 atom stereocenters. The molecule has 2 aliphatic rings. The molecule has 32 heavy (non-hydrogen) atoms. The second-order valence-corrected chi connectivity index (χ2v) is 10.6. The van der Waals surface area contributed by atoms with Crippen LogP contribution in [0.4, 0.5) is 0 Å². The van der Waals surface area contributed by atoms with Crippen LogP contribution < -0.4 is 0 Å². The summed E-state index contributed by atoms with van der Waals surface area (Å²) in [6.45, 7) is 11.7. The maximum atomic E-state index is 2.45. The van der Waals surface area contributed by atoms with Crippen LogP contribution in [0, 0.1) is 13.8 Å². The van der Waals surface area contributed by atoms with Gasteiger partial charge in [0, 0.05) is 10.8 Å². The van der Waals surface area contributed by atoms with E-state index in [1.54, 1.807) is 0 Å². The molecule has 4 aromatic carbocycles. The third-order valence-electron chi connectivity index (χ3n) is 8.12. The van der Waals surface area contributed by atoms with Crippen LogP contribution in [0.3, 0.4) is 0 Å². The van der Waals surface area contributed by atoms with Gasteiger partial charge in [0.1, 0.15) is 0 Å². The molecule has 0 aliphatic heterocycles. The van der Waals surface area contributed by atoms with E-state index in [0.717, 1.165) is 6.42 Å². The molecule has 1 unspecified atom stereocenters. The molecule has 158 valence electrons. The minimum absolute atomic E-state index is 0.0367. The molecule has 4 aromatic rings. The van der Waals surface area contributed by atoms with Crippen LogP contribution in [-0.2, 0) is 17.3 Å². The molecule has 0 saturated heterocycles. The normalized spacial score (nSPS) is 19.3. The smallest absolute Gasteiger partial charge is 0.0227 e. The van der Waals surface area contributed by atoms with Gasteiger partial charge in [0.2, 0.25) is 0 Å². The van der Waals surface area contributed by atoms with Gasteiger partial charge in [0.05, 0.1) is 0 Å². The van der Waals surface area contributed by atoms with Gasteiger partial charge in [-0.2, -0.15) is 0 Å². The Morgan fingerprint density at radius 2 is 1.31 bits per heavy atom. The van der Waals surface area contributed by atoms with Crippen LogP contribution >= 0.6 is 0 Å². The van der Waals surface area contributed by atoms with E-state index in [1.807, 2.05) is 0 Å². The molecule has 0 aromatic heterocycles. The van der Waals surface area contributed by atoms with Gasteiger partial charge >= 0.3 is 0 Å². The predicted molar refractivity (Wildman–Crippen MR) is 136 cm³/mol. The number of hydrogen-bond donors (Lipinski definition) is 0. The highest BCUT2D eigenvalue weighted by molar-refractivity contribution is 5.86. The zero-order valence-corrected chi connectivity index (χ0v) is 19.7. The Labute approximate surface area is 192 Å². The van der Waals surface area contributed by atoms with Crippen molar-refractivity contribution in [3.05, 3.63) is 118 Å². The van der Waals surface area contributed by atoms with E-state index in [4.69, 9.17) is 0 Å². The van der Waals surface area contributed by atoms with Gasteiger partial charge < -0.3 is 0 Å². The first-order chi connectivity index (χ1) is 15.3. The molecule has 0 spiro atoms. The lowest BCUT2D eigenvalue weighted by Crippen LogP contribution is -2.24. The van der Waals surface area contributed by atoms with Gasteiger partial charge in [0.25, 0.3) is 0 Å². The summed E-state index contributed by atoms with van der Waals surface area (Å²) < 4.78 is 0. The highest BCUT2D eigenvalue weighted by Gasteiger charge is 2.42. The fourth-order valence-electron chi connectivity index (χ4n) is 6.69. The fourth-order valence-corrected chi connectivity index (χ4v) is 6.69. The topological polar surface area (TPSA) is 0 Å². The summed E-state index contributed by atoms with van der Waals surface area (Å²) >= 11 is 0. The van der Waals surface area contributed by atoms with Gasteiger partial charge in [-0.3, -0.25) is 0 Å². The van der Waals surface area contributed by atoms with Gasteiger partial charge in [-0.1, -0.05) is 105 Å². The maximum absolute atomic E-state index is 2.45. The van der Waals surface area contributed by atoms with Crippen molar-refractivity contribution in [2.75, 3.05) is 0 Å².